The van der Waals surface area contributed by atoms with E-state index in [1.54, 1.807) is 7.11 Å². The predicted octanol–water partition coefficient (Wildman–Crippen LogP) is 2.79. The molecule has 16 heavy (non-hydrogen) atoms. The number of benzene rings is 1. The second-order valence-electron chi connectivity index (χ2n) is 4.85. The SMILES string of the molecule is COc1ccccc1CC1(CO)CCCC1. The molecule has 2 rings (SSSR count). The maximum absolute atomic E-state index is 9.60. The van der Waals surface area contributed by atoms with Gasteiger partial charge in [-0.15, -0.1) is 0 Å². The minimum Gasteiger partial charge on any atom is -0.496 e. The van der Waals surface area contributed by atoms with Crippen LogP contribution in [0.5, 0.6) is 5.75 Å². The molecule has 0 aromatic heterocycles. The van der Waals surface area contributed by atoms with E-state index in [-0.39, 0.29) is 5.41 Å². The normalized spacial score (nSPS) is 18.6. The highest BCUT2D eigenvalue weighted by molar-refractivity contribution is 5.34. The van der Waals surface area contributed by atoms with Crippen LogP contribution in [-0.2, 0) is 6.42 Å². The minimum atomic E-state index is 0.106. The number of methoxy groups -OCH3 is 1. The summed E-state index contributed by atoms with van der Waals surface area (Å²) < 4.78 is 5.36. The number of para-hydroxylation sites is 1. The van der Waals surface area contributed by atoms with Crippen molar-refractivity contribution in [2.45, 2.75) is 32.1 Å². The Kier molecular flexibility index (Phi) is 3.49. The lowest BCUT2D eigenvalue weighted by Crippen LogP contribution is -2.24. The van der Waals surface area contributed by atoms with Gasteiger partial charge in [-0.2, -0.15) is 0 Å². The van der Waals surface area contributed by atoms with Crippen LogP contribution in [0.15, 0.2) is 24.3 Å². The molecule has 1 N–H and O–H groups in total. The summed E-state index contributed by atoms with van der Waals surface area (Å²) in [6.07, 6.45) is 5.71. The molecular weight excluding hydrogens is 200 g/mol. The van der Waals surface area contributed by atoms with Crippen LogP contribution >= 0.6 is 0 Å². The highest BCUT2D eigenvalue weighted by Gasteiger charge is 2.33. The van der Waals surface area contributed by atoms with Crippen molar-refractivity contribution in [2.24, 2.45) is 5.41 Å². The van der Waals surface area contributed by atoms with E-state index in [2.05, 4.69) is 6.07 Å². The summed E-state index contributed by atoms with van der Waals surface area (Å²) in [7, 11) is 1.71. The first-order chi connectivity index (χ1) is 7.79. The molecule has 1 aromatic rings. The first kappa shape index (κ1) is 11.5. The van der Waals surface area contributed by atoms with E-state index >= 15 is 0 Å². The zero-order valence-electron chi connectivity index (χ0n) is 9.91. The van der Waals surface area contributed by atoms with E-state index in [0.717, 1.165) is 25.0 Å². The number of ether oxygens (including phenoxy) is 1. The summed E-state index contributed by atoms with van der Waals surface area (Å²) in [6, 6.07) is 8.13. The molecule has 0 unspecified atom stereocenters. The van der Waals surface area contributed by atoms with Crippen molar-refractivity contribution in [2.75, 3.05) is 13.7 Å². The Hall–Kier alpha value is -1.02. The molecule has 1 aliphatic rings. The molecule has 2 heteroatoms. The van der Waals surface area contributed by atoms with E-state index in [9.17, 15) is 5.11 Å². The smallest absolute Gasteiger partial charge is 0.122 e. The van der Waals surface area contributed by atoms with Crippen molar-refractivity contribution in [1.82, 2.24) is 0 Å². The van der Waals surface area contributed by atoms with Crippen molar-refractivity contribution in [1.29, 1.82) is 0 Å². The molecule has 0 amide bonds. The van der Waals surface area contributed by atoms with Crippen LogP contribution in [0.25, 0.3) is 0 Å². The quantitative estimate of drug-likeness (QED) is 0.845. The molecule has 1 aliphatic carbocycles. The molecule has 0 radical (unpaired) electrons. The molecule has 0 aliphatic heterocycles. The molecule has 88 valence electrons. The van der Waals surface area contributed by atoms with E-state index in [0.29, 0.717) is 6.61 Å². The van der Waals surface area contributed by atoms with Gasteiger partial charge in [0.25, 0.3) is 0 Å². The average molecular weight is 220 g/mol. The van der Waals surface area contributed by atoms with E-state index < -0.39 is 0 Å². The largest absolute Gasteiger partial charge is 0.496 e. The zero-order chi connectivity index (χ0) is 11.4. The lowest BCUT2D eigenvalue weighted by atomic mass is 9.80. The predicted molar refractivity (Wildman–Crippen MR) is 64.7 cm³/mol. The van der Waals surface area contributed by atoms with Gasteiger partial charge < -0.3 is 9.84 Å². The average Bonchev–Trinajstić information content (AvgIpc) is 2.79. The summed E-state index contributed by atoms with van der Waals surface area (Å²) in [5.74, 6) is 0.947. The Bertz CT molecular complexity index is 340. The summed E-state index contributed by atoms with van der Waals surface area (Å²) in [6.45, 7) is 0.297. The van der Waals surface area contributed by atoms with Crippen LogP contribution in [0.1, 0.15) is 31.2 Å². The zero-order valence-corrected chi connectivity index (χ0v) is 9.91. The second kappa shape index (κ2) is 4.88. The van der Waals surface area contributed by atoms with Crippen molar-refractivity contribution < 1.29 is 9.84 Å². The summed E-state index contributed by atoms with van der Waals surface area (Å²) >= 11 is 0. The Morgan fingerprint density at radius 3 is 2.56 bits per heavy atom. The molecule has 0 spiro atoms. The maximum Gasteiger partial charge on any atom is 0.122 e. The monoisotopic (exact) mass is 220 g/mol. The van der Waals surface area contributed by atoms with Gasteiger partial charge in [0, 0.05) is 6.61 Å². The molecule has 0 bridgehead atoms. The highest BCUT2D eigenvalue weighted by Crippen LogP contribution is 2.41. The fraction of sp³-hybridized carbons (Fsp3) is 0.571. The molecular formula is C14H20O2. The Morgan fingerprint density at radius 2 is 1.94 bits per heavy atom. The molecule has 0 saturated heterocycles. The number of aliphatic hydroxyl groups excluding tert-OH is 1. The first-order valence-electron chi connectivity index (χ1n) is 6.02. The van der Waals surface area contributed by atoms with Crippen molar-refractivity contribution >= 4 is 0 Å². The standard InChI is InChI=1S/C14H20O2/c1-16-13-7-3-2-6-12(13)10-14(11-15)8-4-5-9-14/h2-3,6-7,15H,4-5,8-11H2,1H3. The first-order valence-corrected chi connectivity index (χ1v) is 6.02. The van der Waals surface area contributed by atoms with Crippen LogP contribution < -0.4 is 4.74 Å². The molecule has 0 heterocycles. The van der Waals surface area contributed by atoms with Crippen LogP contribution in [0.4, 0.5) is 0 Å². The maximum atomic E-state index is 9.60. The van der Waals surface area contributed by atoms with Gasteiger partial charge in [0.2, 0.25) is 0 Å². The van der Waals surface area contributed by atoms with Crippen LogP contribution in [0.3, 0.4) is 0 Å². The van der Waals surface area contributed by atoms with E-state index in [1.165, 1.54) is 18.4 Å². The lowest BCUT2D eigenvalue weighted by Gasteiger charge is -2.27. The topological polar surface area (TPSA) is 29.5 Å². The molecule has 1 saturated carbocycles. The third-order valence-electron chi connectivity index (χ3n) is 3.76. The molecule has 1 fully saturated rings. The van der Waals surface area contributed by atoms with Crippen LogP contribution in [-0.4, -0.2) is 18.8 Å². The van der Waals surface area contributed by atoms with Gasteiger partial charge in [-0.3, -0.25) is 0 Å². The number of hydrogen-bond donors (Lipinski definition) is 1. The van der Waals surface area contributed by atoms with Gasteiger partial charge in [-0.05, 0) is 36.3 Å². The molecule has 1 aromatic carbocycles. The lowest BCUT2D eigenvalue weighted by molar-refractivity contribution is 0.129. The van der Waals surface area contributed by atoms with Gasteiger partial charge >= 0.3 is 0 Å². The third kappa shape index (κ3) is 2.22. The van der Waals surface area contributed by atoms with Gasteiger partial charge in [-0.25, -0.2) is 0 Å². The molecule has 2 nitrogen and oxygen atoms in total. The van der Waals surface area contributed by atoms with Gasteiger partial charge in [0.15, 0.2) is 0 Å². The van der Waals surface area contributed by atoms with Gasteiger partial charge in [0.1, 0.15) is 5.75 Å². The Labute approximate surface area is 97.3 Å². The highest BCUT2D eigenvalue weighted by atomic mass is 16.5. The van der Waals surface area contributed by atoms with Crippen LogP contribution in [0, 0.1) is 5.41 Å². The number of aliphatic hydroxyl groups is 1. The fourth-order valence-corrected chi connectivity index (χ4v) is 2.77. The number of hydrogen-bond acceptors (Lipinski definition) is 2. The van der Waals surface area contributed by atoms with Crippen molar-refractivity contribution in [3.05, 3.63) is 29.8 Å². The summed E-state index contributed by atoms with van der Waals surface area (Å²) in [4.78, 5) is 0. The van der Waals surface area contributed by atoms with E-state index in [4.69, 9.17) is 4.74 Å². The summed E-state index contributed by atoms with van der Waals surface area (Å²) in [5.41, 5.74) is 1.33. The van der Waals surface area contributed by atoms with Gasteiger partial charge in [0.05, 0.1) is 7.11 Å². The Balaban J connectivity index is 2.18. The molecule has 0 atom stereocenters. The number of rotatable bonds is 4. The van der Waals surface area contributed by atoms with Crippen molar-refractivity contribution in [3.63, 3.8) is 0 Å². The third-order valence-corrected chi connectivity index (χ3v) is 3.76. The minimum absolute atomic E-state index is 0.106. The van der Waals surface area contributed by atoms with Crippen LogP contribution in [0.2, 0.25) is 0 Å². The summed E-state index contributed by atoms with van der Waals surface area (Å²) in [5, 5.41) is 9.60. The Morgan fingerprint density at radius 1 is 1.25 bits per heavy atom. The second-order valence-corrected chi connectivity index (χ2v) is 4.85. The fourth-order valence-electron chi connectivity index (χ4n) is 2.77. The van der Waals surface area contributed by atoms with Gasteiger partial charge in [-0.1, -0.05) is 31.0 Å². The van der Waals surface area contributed by atoms with E-state index in [1.807, 2.05) is 18.2 Å². The van der Waals surface area contributed by atoms with Crippen molar-refractivity contribution in [3.8, 4) is 5.75 Å².